The maximum atomic E-state index is 11.8. The number of hydrogen-bond donors (Lipinski definition) is 3. The Kier molecular flexibility index (Phi) is 4.89. The van der Waals surface area contributed by atoms with E-state index in [-0.39, 0.29) is 43.9 Å². The van der Waals surface area contributed by atoms with E-state index in [0.717, 1.165) is 10.5 Å². The lowest BCUT2D eigenvalue weighted by atomic mass is 10.0. The minimum absolute atomic E-state index is 0.0195. The van der Waals surface area contributed by atoms with Crippen LogP contribution in [-0.2, 0) is 9.59 Å². The zero-order valence-corrected chi connectivity index (χ0v) is 11.5. The van der Waals surface area contributed by atoms with E-state index in [0.29, 0.717) is 0 Å². The second kappa shape index (κ2) is 6.85. The van der Waals surface area contributed by atoms with Gasteiger partial charge in [-0.25, -0.2) is 4.79 Å². The molecule has 1 aliphatic heterocycles. The van der Waals surface area contributed by atoms with Crippen LogP contribution in [0.15, 0.2) is 30.3 Å². The van der Waals surface area contributed by atoms with E-state index in [1.165, 1.54) is 0 Å². The Bertz CT molecular complexity index is 516. The molecule has 112 valence electrons. The van der Waals surface area contributed by atoms with Crippen LogP contribution in [0, 0.1) is 0 Å². The van der Waals surface area contributed by atoms with Gasteiger partial charge in [-0.05, 0) is 5.56 Å². The summed E-state index contributed by atoms with van der Waals surface area (Å²) in [5.41, 5.74) is 6.83. The highest BCUT2D eigenvalue weighted by Gasteiger charge is 2.27. The molecule has 0 aromatic heterocycles. The molecule has 1 aromatic carbocycles. The second-order valence-corrected chi connectivity index (χ2v) is 4.78. The predicted molar refractivity (Wildman–Crippen MR) is 76.1 cm³/mol. The van der Waals surface area contributed by atoms with Gasteiger partial charge in [-0.3, -0.25) is 14.5 Å². The lowest BCUT2D eigenvalue weighted by Crippen LogP contribution is -2.39. The van der Waals surface area contributed by atoms with Crippen molar-refractivity contribution in [1.82, 2.24) is 15.5 Å². The van der Waals surface area contributed by atoms with E-state index < -0.39 is 6.03 Å². The second-order valence-electron chi connectivity index (χ2n) is 4.78. The number of imide groups is 1. The van der Waals surface area contributed by atoms with Gasteiger partial charge in [0.05, 0.1) is 6.54 Å². The molecule has 1 aromatic rings. The molecule has 1 atom stereocenters. The number of nitrogens with zero attached hydrogens (tertiary/aromatic N) is 1. The Balaban J connectivity index is 1.73. The van der Waals surface area contributed by atoms with Crippen LogP contribution >= 0.6 is 0 Å². The number of nitrogens with two attached hydrogens (primary N) is 1. The Morgan fingerprint density at radius 3 is 2.67 bits per heavy atom. The molecule has 7 heteroatoms. The first-order valence-electron chi connectivity index (χ1n) is 6.73. The lowest BCUT2D eigenvalue weighted by Gasteiger charge is -2.14. The molecular weight excluding hydrogens is 272 g/mol. The maximum absolute atomic E-state index is 11.8. The van der Waals surface area contributed by atoms with Gasteiger partial charge in [0.2, 0.25) is 11.8 Å². The first-order valence-corrected chi connectivity index (χ1v) is 6.73. The van der Waals surface area contributed by atoms with Gasteiger partial charge in [0.25, 0.3) is 0 Å². The van der Waals surface area contributed by atoms with Gasteiger partial charge in [0.1, 0.15) is 0 Å². The fourth-order valence-electron chi connectivity index (χ4n) is 2.08. The molecule has 1 heterocycles. The van der Waals surface area contributed by atoms with Crippen molar-refractivity contribution < 1.29 is 14.4 Å². The topological polar surface area (TPSA) is 105 Å². The standard InChI is InChI=1S/C14H18N4O3/c15-11(10-4-2-1-3-5-10)8-12(19)16-6-7-18-13(20)9-17-14(18)21/h1-5,11H,6-9,15H2,(H,16,19)(H,17,21). The molecule has 1 aliphatic rings. The van der Waals surface area contributed by atoms with Crippen molar-refractivity contribution in [2.75, 3.05) is 19.6 Å². The van der Waals surface area contributed by atoms with Gasteiger partial charge in [0, 0.05) is 25.6 Å². The van der Waals surface area contributed by atoms with E-state index in [4.69, 9.17) is 5.73 Å². The molecule has 0 radical (unpaired) electrons. The summed E-state index contributed by atoms with van der Waals surface area (Å²) in [6.07, 6.45) is 0.157. The van der Waals surface area contributed by atoms with Crippen molar-refractivity contribution in [1.29, 1.82) is 0 Å². The van der Waals surface area contributed by atoms with E-state index in [2.05, 4.69) is 10.6 Å². The fourth-order valence-corrected chi connectivity index (χ4v) is 2.08. The van der Waals surface area contributed by atoms with Crippen molar-refractivity contribution in [3.63, 3.8) is 0 Å². The number of hydrogen-bond acceptors (Lipinski definition) is 4. The van der Waals surface area contributed by atoms with Gasteiger partial charge in [-0.1, -0.05) is 30.3 Å². The zero-order valence-electron chi connectivity index (χ0n) is 11.5. The summed E-state index contributed by atoms with van der Waals surface area (Å²) in [6, 6.07) is 8.55. The third-order valence-electron chi connectivity index (χ3n) is 3.23. The van der Waals surface area contributed by atoms with Crippen molar-refractivity contribution in [2.45, 2.75) is 12.5 Å². The van der Waals surface area contributed by atoms with Crippen LogP contribution in [0.4, 0.5) is 4.79 Å². The van der Waals surface area contributed by atoms with Crippen LogP contribution in [0.3, 0.4) is 0 Å². The Hall–Kier alpha value is -2.41. The third-order valence-corrected chi connectivity index (χ3v) is 3.23. The molecule has 1 saturated heterocycles. The van der Waals surface area contributed by atoms with Gasteiger partial charge in [0.15, 0.2) is 0 Å². The van der Waals surface area contributed by atoms with E-state index in [9.17, 15) is 14.4 Å². The maximum Gasteiger partial charge on any atom is 0.324 e. The Morgan fingerprint density at radius 2 is 2.05 bits per heavy atom. The fraction of sp³-hybridized carbons (Fsp3) is 0.357. The number of rotatable bonds is 6. The Labute approximate surface area is 122 Å². The molecule has 2 rings (SSSR count). The summed E-state index contributed by atoms with van der Waals surface area (Å²) in [5, 5.41) is 5.07. The summed E-state index contributed by atoms with van der Waals surface area (Å²) in [6.45, 7) is 0.405. The molecule has 7 nitrogen and oxygen atoms in total. The van der Waals surface area contributed by atoms with Crippen LogP contribution in [-0.4, -0.2) is 42.4 Å². The molecule has 4 N–H and O–H groups in total. The number of benzene rings is 1. The van der Waals surface area contributed by atoms with Crippen molar-refractivity contribution >= 4 is 17.8 Å². The van der Waals surface area contributed by atoms with Crippen molar-refractivity contribution in [3.05, 3.63) is 35.9 Å². The number of urea groups is 1. The smallest absolute Gasteiger partial charge is 0.324 e. The number of carbonyl (C=O) groups excluding carboxylic acids is 3. The largest absolute Gasteiger partial charge is 0.354 e. The van der Waals surface area contributed by atoms with E-state index >= 15 is 0 Å². The Morgan fingerprint density at radius 1 is 1.33 bits per heavy atom. The molecule has 4 amide bonds. The van der Waals surface area contributed by atoms with Gasteiger partial charge in [-0.2, -0.15) is 0 Å². The first kappa shape index (κ1) is 15.0. The van der Waals surface area contributed by atoms with Crippen LogP contribution in [0.5, 0.6) is 0 Å². The highest BCUT2D eigenvalue weighted by molar-refractivity contribution is 6.01. The average Bonchev–Trinajstić information content (AvgIpc) is 2.80. The number of amides is 4. The van der Waals surface area contributed by atoms with Crippen molar-refractivity contribution in [3.8, 4) is 0 Å². The molecule has 0 aliphatic carbocycles. The van der Waals surface area contributed by atoms with Crippen LogP contribution < -0.4 is 16.4 Å². The summed E-state index contributed by atoms with van der Waals surface area (Å²) in [5.74, 6) is -0.492. The number of nitrogens with one attached hydrogen (secondary N) is 2. The molecular formula is C14H18N4O3. The predicted octanol–water partition coefficient (Wildman–Crippen LogP) is -0.255. The molecule has 0 bridgehead atoms. The zero-order chi connectivity index (χ0) is 15.2. The van der Waals surface area contributed by atoms with Crippen LogP contribution in [0.1, 0.15) is 18.0 Å². The molecule has 0 spiro atoms. The van der Waals surface area contributed by atoms with Crippen molar-refractivity contribution in [2.24, 2.45) is 5.73 Å². The highest BCUT2D eigenvalue weighted by Crippen LogP contribution is 2.12. The van der Waals surface area contributed by atoms with Gasteiger partial charge in [-0.15, -0.1) is 0 Å². The monoisotopic (exact) mass is 290 g/mol. The van der Waals surface area contributed by atoms with E-state index in [1.54, 1.807) is 0 Å². The first-order chi connectivity index (χ1) is 10.1. The third kappa shape index (κ3) is 4.03. The SMILES string of the molecule is NC(CC(=O)NCCN1C(=O)CNC1=O)c1ccccc1. The average molecular weight is 290 g/mol. The quantitative estimate of drug-likeness (QED) is 0.628. The normalized spacial score (nSPS) is 15.8. The molecule has 0 saturated carbocycles. The van der Waals surface area contributed by atoms with Gasteiger partial charge < -0.3 is 16.4 Å². The minimum atomic E-state index is -0.421. The highest BCUT2D eigenvalue weighted by atomic mass is 16.2. The lowest BCUT2D eigenvalue weighted by molar-refractivity contribution is -0.126. The number of carbonyl (C=O) groups is 3. The summed E-state index contributed by atoms with van der Waals surface area (Å²) in [7, 11) is 0. The summed E-state index contributed by atoms with van der Waals surface area (Å²) in [4.78, 5) is 35.5. The molecule has 1 unspecified atom stereocenters. The minimum Gasteiger partial charge on any atom is -0.354 e. The van der Waals surface area contributed by atoms with Crippen LogP contribution in [0.2, 0.25) is 0 Å². The molecule has 1 fully saturated rings. The summed E-state index contributed by atoms with van der Waals surface area (Å²) >= 11 is 0. The van der Waals surface area contributed by atoms with Crippen LogP contribution in [0.25, 0.3) is 0 Å². The van der Waals surface area contributed by atoms with E-state index in [1.807, 2.05) is 30.3 Å². The van der Waals surface area contributed by atoms with Gasteiger partial charge >= 0.3 is 6.03 Å². The molecule has 21 heavy (non-hydrogen) atoms. The summed E-state index contributed by atoms with van der Waals surface area (Å²) < 4.78 is 0.